The molecule has 0 aromatic heterocycles. The standard InChI is InChI=1S/C16H22N2O2S/c1-20-14-6-4-13(5-7-14)17-8-10-18(11-9-17)16(19)15-3-2-12-21-15/h4-7,15H,2-3,8-12H2,1H3. The van der Waals surface area contributed by atoms with Crippen LogP contribution in [-0.2, 0) is 4.79 Å². The molecule has 3 rings (SSSR count). The molecule has 1 unspecified atom stereocenters. The highest BCUT2D eigenvalue weighted by molar-refractivity contribution is 8.00. The van der Waals surface area contributed by atoms with Crippen LogP contribution in [0.1, 0.15) is 12.8 Å². The van der Waals surface area contributed by atoms with E-state index in [-0.39, 0.29) is 5.25 Å². The fraction of sp³-hybridized carbons (Fsp3) is 0.562. The van der Waals surface area contributed by atoms with Gasteiger partial charge in [0, 0.05) is 31.9 Å². The maximum Gasteiger partial charge on any atom is 0.235 e. The van der Waals surface area contributed by atoms with Crippen LogP contribution in [0.4, 0.5) is 5.69 Å². The van der Waals surface area contributed by atoms with Crippen molar-refractivity contribution in [3.05, 3.63) is 24.3 Å². The van der Waals surface area contributed by atoms with Gasteiger partial charge in [0.2, 0.25) is 5.91 Å². The van der Waals surface area contributed by atoms with Crippen molar-refractivity contribution in [3.8, 4) is 5.75 Å². The number of anilines is 1. The summed E-state index contributed by atoms with van der Waals surface area (Å²) in [5.74, 6) is 2.38. The summed E-state index contributed by atoms with van der Waals surface area (Å²) < 4.78 is 5.19. The fourth-order valence-electron chi connectivity index (χ4n) is 2.95. The maximum atomic E-state index is 12.4. The lowest BCUT2D eigenvalue weighted by Crippen LogP contribution is -2.50. The number of rotatable bonds is 3. The third-order valence-electron chi connectivity index (χ3n) is 4.23. The summed E-state index contributed by atoms with van der Waals surface area (Å²) in [7, 11) is 1.68. The van der Waals surface area contributed by atoms with Gasteiger partial charge < -0.3 is 14.5 Å². The maximum absolute atomic E-state index is 12.4. The van der Waals surface area contributed by atoms with Crippen LogP contribution in [0.5, 0.6) is 5.75 Å². The second-order valence-electron chi connectivity index (χ2n) is 5.51. The van der Waals surface area contributed by atoms with E-state index in [9.17, 15) is 4.79 Å². The van der Waals surface area contributed by atoms with Gasteiger partial charge in [-0.15, -0.1) is 11.8 Å². The molecule has 114 valence electrons. The van der Waals surface area contributed by atoms with Gasteiger partial charge in [0.15, 0.2) is 0 Å². The van der Waals surface area contributed by atoms with Crippen LogP contribution in [0.25, 0.3) is 0 Å². The Balaban J connectivity index is 1.55. The number of methoxy groups -OCH3 is 1. The molecule has 1 amide bonds. The van der Waals surface area contributed by atoms with E-state index in [1.807, 2.05) is 28.8 Å². The largest absolute Gasteiger partial charge is 0.497 e. The van der Waals surface area contributed by atoms with Gasteiger partial charge in [0.1, 0.15) is 5.75 Å². The number of thioether (sulfide) groups is 1. The molecular formula is C16H22N2O2S. The first-order valence-corrected chi connectivity index (χ1v) is 8.62. The highest BCUT2D eigenvalue weighted by Gasteiger charge is 2.29. The fourth-order valence-corrected chi connectivity index (χ4v) is 4.20. The van der Waals surface area contributed by atoms with Crippen molar-refractivity contribution in [1.82, 2.24) is 4.90 Å². The summed E-state index contributed by atoms with van der Waals surface area (Å²) in [4.78, 5) is 16.8. The Bertz CT molecular complexity index is 478. The van der Waals surface area contributed by atoms with Gasteiger partial charge in [-0.2, -0.15) is 0 Å². The van der Waals surface area contributed by atoms with Crippen LogP contribution in [-0.4, -0.2) is 55.1 Å². The average molecular weight is 306 g/mol. The molecule has 0 bridgehead atoms. The number of carbonyl (C=O) groups excluding carboxylic acids is 1. The normalized spacial score (nSPS) is 22.4. The van der Waals surface area contributed by atoms with Gasteiger partial charge in [-0.3, -0.25) is 4.79 Å². The molecule has 0 aliphatic carbocycles. The number of hydrogen-bond donors (Lipinski definition) is 0. The quantitative estimate of drug-likeness (QED) is 0.857. The summed E-state index contributed by atoms with van der Waals surface area (Å²) in [6.45, 7) is 3.49. The molecule has 2 aliphatic rings. The van der Waals surface area contributed by atoms with Crippen LogP contribution in [0.3, 0.4) is 0 Å². The summed E-state index contributed by atoms with van der Waals surface area (Å²) in [6, 6.07) is 8.15. The van der Waals surface area contributed by atoms with E-state index in [0.717, 1.165) is 44.1 Å². The van der Waals surface area contributed by atoms with E-state index in [4.69, 9.17) is 4.74 Å². The molecule has 1 atom stereocenters. The Labute approximate surface area is 130 Å². The molecule has 0 spiro atoms. The Morgan fingerprint density at radius 3 is 2.48 bits per heavy atom. The molecule has 21 heavy (non-hydrogen) atoms. The molecule has 2 aliphatic heterocycles. The molecule has 2 heterocycles. The molecule has 0 radical (unpaired) electrons. The molecule has 0 N–H and O–H groups in total. The highest BCUT2D eigenvalue weighted by atomic mass is 32.2. The van der Waals surface area contributed by atoms with Crippen molar-refractivity contribution in [2.45, 2.75) is 18.1 Å². The Kier molecular flexibility index (Phi) is 4.58. The minimum absolute atomic E-state index is 0.220. The van der Waals surface area contributed by atoms with E-state index in [1.54, 1.807) is 7.11 Å². The number of carbonyl (C=O) groups is 1. The predicted octanol–water partition coefficient (Wildman–Crippen LogP) is 2.24. The monoisotopic (exact) mass is 306 g/mol. The predicted molar refractivity (Wildman–Crippen MR) is 87.3 cm³/mol. The molecule has 1 aromatic carbocycles. The van der Waals surface area contributed by atoms with Crippen molar-refractivity contribution in [2.75, 3.05) is 43.9 Å². The number of ether oxygens (including phenoxy) is 1. The molecule has 2 fully saturated rings. The topological polar surface area (TPSA) is 32.8 Å². The van der Waals surface area contributed by atoms with Gasteiger partial charge >= 0.3 is 0 Å². The van der Waals surface area contributed by atoms with E-state index >= 15 is 0 Å². The van der Waals surface area contributed by atoms with Gasteiger partial charge in [-0.05, 0) is 42.9 Å². The average Bonchev–Trinajstić information content (AvgIpc) is 3.09. The first-order chi connectivity index (χ1) is 10.3. The second kappa shape index (κ2) is 6.60. The summed E-state index contributed by atoms with van der Waals surface area (Å²) in [5.41, 5.74) is 1.21. The highest BCUT2D eigenvalue weighted by Crippen LogP contribution is 2.28. The lowest BCUT2D eigenvalue weighted by atomic mass is 10.2. The zero-order chi connectivity index (χ0) is 14.7. The van der Waals surface area contributed by atoms with Crippen LogP contribution >= 0.6 is 11.8 Å². The molecule has 1 aromatic rings. The van der Waals surface area contributed by atoms with Crippen molar-refractivity contribution >= 4 is 23.4 Å². The van der Waals surface area contributed by atoms with Crippen molar-refractivity contribution < 1.29 is 9.53 Å². The van der Waals surface area contributed by atoms with Gasteiger partial charge in [0.05, 0.1) is 12.4 Å². The van der Waals surface area contributed by atoms with E-state index < -0.39 is 0 Å². The molecular weight excluding hydrogens is 284 g/mol. The number of nitrogens with zero attached hydrogens (tertiary/aromatic N) is 2. The van der Waals surface area contributed by atoms with E-state index in [0.29, 0.717) is 5.91 Å². The van der Waals surface area contributed by atoms with Crippen molar-refractivity contribution in [3.63, 3.8) is 0 Å². The molecule has 5 heteroatoms. The van der Waals surface area contributed by atoms with E-state index in [2.05, 4.69) is 17.0 Å². The van der Waals surface area contributed by atoms with Crippen LogP contribution in [0.15, 0.2) is 24.3 Å². The first kappa shape index (κ1) is 14.6. The summed E-state index contributed by atoms with van der Waals surface area (Å²) >= 11 is 1.83. The summed E-state index contributed by atoms with van der Waals surface area (Å²) in [6.07, 6.45) is 2.25. The zero-order valence-electron chi connectivity index (χ0n) is 12.5. The molecule has 4 nitrogen and oxygen atoms in total. The van der Waals surface area contributed by atoms with Crippen molar-refractivity contribution in [2.24, 2.45) is 0 Å². The minimum Gasteiger partial charge on any atom is -0.497 e. The first-order valence-electron chi connectivity index (χ1n) is 7.57. The lowest BCUT2D eigenvalue weighted by Gasteiger charge is -2.37. The second-order valence-corrected chi connectivity index (χ2v) is 6.82. The Hall–Kier alpha value is -1.36. The minimum atomic E-state index is 0.220. The third-order valence-corrected chi connectivity index (χ3v) is 5.60. The number of hydrogen-bond acceptors (Lipinski definition) is 4. The zero-order valence-corrected chi connectivity index (χ0v) is 13.3. The van der Waals surface area contributed by atoms with Gasteiger partial charge in [-0.25, -0.2) is 0 Å². The molecule has 2 saturated heterocycles. The number of piperazine rings is 1. The number of benzene rings is 1. The smallest absolute Gasteiger partial charge is 0.235 e. The van der Waals surface area contributed by atoms with Crippen molar-refractivity contribution in [1.29, 1.82) is 0 Å². The van der Waals surface area contributed by atoms with Gasteiger partial charge in [-0.1, -0.05) is 0 Å². The number of amides is 1. The van der Waals surface area contributed by atoms with Gasteiger partial charge in [0.25, 0.3) is 0 Å². The molecule has 0 saturated carbocycles. The van der Waals surface area contributed by atoms with Crippen LogP contribution in [0.2, 0.25) is 0 Å². The lowest BCUT2D eigenvalue weighted by molar-refractivity contribution is -0.130. The summed E-state index contributed by atoms with van der Waals surface area (Å²) in [5, 5.41) is 0.220. The Morgan fingerprint density at radius 1 is 1.19 bits per heavy atom. The van der Waals surface area contributed by atoms with E-state index in [1.165, 1.54) is 12.1 Å². The van der Waals surface area contributed by atoms with Crippen LogP contribution in [0, 0.1) is 0 Å². The SMILES string of the molecule is COc1ccc(N2CCN(C(=O)C3CCCS3)CC2)cc1. The Morgan fingerprint density at radius 2 is 1.90 bits per heavy atom. The third kappa shape index (κ3) is 3.28. The van der Waals surface area contributed by atoms with Crippen LogP contribution < -0.4 is 9.64 Å².